The molecule has 2 N–H and O–H groups in total. The molecular formula is C15H19BrN2OS. The zero-order valence-electron chi connectivity index (χ0n) is 11.9. The topological polar surface area (TPSA) is 38.5 Å². The molecule has 108 valence electrons. The molecule has 1 atom stereocenters. The second-order valence-corrected chi connectivity index (χ2v) is 7.09. The predicted octanol–water partition coefficient (Wildman–Crippen LogP) is 4.18. The van der Waals surface area contributed by atoms with Gasteiger partial charge in [0.25, 0.3) is 0 Å². The quantitative estimate of drug-likeness (QED) is 0.875. The zero-order valence-corrected chi connectivity index (χ0v) is 14.3. The molecule has 1 aromatic heterocycles. The first-order valence-electron chi connectivity index (χ1n) is 6.39. The van der Waals surface area contributed by atoms with Crippen LogP contribution in [0.3, 0.4) is 0 Å². The smallest absolute Gasteiger partial charge is 0.125 e. The minimum atomic E-state index is -0.0715. The van der Waals surface area contributed by atoms with Crippen LogP contribution in [0.25, 0.3) is 0 Å². The first kappa shape index (κ1) is 15.4. The number of ether oxygens (including phenoxy) is 1. The Morgan fingerprint density at radius 2 is 2.20 bits per heavy atom. The molecule has 0 radical (unpaired) electrons. The highest BCUT2D eigenvalue weighted by atomic mass is 79.9. The summed E-state index contributed by atoms with van der Waals surface area (Å²) in [4.78, 5) is 2.20. The Labute approximate surface area is 132 Å². The summed E-state index contributed by atoms with van der Waals surface area (Å²) in [6, 6.07) is 8.12. The van der Waals surface area contributed by atoms with Crippen molar-refractivity contribution in [3.63, 3.8) is 0 Å². The average molecular weight is 355 g/mol. The van der Waals surface area contributed by atoms with Gasteiger partial charge in [-0.3, -0.25) is 0 Å². The van der Waals surface area contributed by atoms with E-state index >= 15 is 0 Å². The first-order chi connectivity index (χ1) is 9.52. The summed E-state index contributed by atoms with van der Waals surface area (Å²) in [5, 5.41) is 2.16. The number of hydrogen-bond acceptors (Lipinski definition) is 4. The molecule has 0 aliphatic rings. The van der Waals surface area contributed by atoms with Crippen LogP contribution in [0.4, 0.5) is 5.69 Å². The number of nitrogens with zero attached hydrogens (tertiary/aromatic N) is 1. The van der Waals surface area contributed by atoms with E-state index in [2.05, 4.69) is 45.4 Å². The fourth-order valence-corrected chi connectivity index (χ4v) is 3.49. The van der Waals surface area contributed by atoms with Gasteiger partial charge in [0.2, 0.25) is 0 Å². The number of benzene rings is 1. The van der Waals surface area contributed by atoms with Crippen molar-refractivity contribution in [2.45, 2.75) is 19.5 Å². The Morgan fingerprint density at radius 1 is 1.45 bits per heavy atom. The van der Waals surface area contributed by atoms with Gasteiger partial charge in [-0.15, -0.1) is 11.3 Å². The van der Waals surface area contributed by atoms with Gasteiger partial charge in [0.15, 0.2) is 0 Å². The molecule has 0 spiro atoms. The largest absolute Gasteiger partial charge is 0.496 e. The summed E-state index contributed by atoms with van der Waals surface area (Å²) in [7, 11) is 3.76. The second kappa shape index (κ2) is 6.61. The molecule has 2 rings (SSSR count). The normalized spacial score (nSPS) is 12.2. The molecule has 0 bridgehead atoms. The molecule has 1 aromatic carbocycles. The molecule has 0 unspecified atom stereocenters. The SMILES string of the molecule is COc1cccc(N(C)Cc2csc(Br)c2)c1[C@H](C)N. The summed E-state index contributed by atoms with van der Waals surface area (Å²) in [5.74, 6) is 0.843. The van der Waals surface area contributed by atoms with Gasteiger partial charge in [-0.2, -0.15) is 0 Å². The Hall–Kier alpha value is -1.04. The van der Waals surface area contributed by atoms with Gasteiger partial charge in [-0.05, 0) is 52.0 Å². The van der Waals surface area contributed by atoms with Crippen molar-refractivity contribution < 1.29 is 4.74 Å². The standard InChI is InChI=1S/C15H19BrN2OS/c1-10(17)15-12(5-4-6-13(15)19-3)18(2)8-11-7-14(16)20-9-11/h4-7,9-10H,8,17H2,1-3H3/t10-/m0/s1. The third-order valence-corrected chi connectivity index (χ3v) is 4.72. The molecule has 20 heavy (non-hydrogen) atoms. The van der Waals surface area contributed by atoms with E-state index in [1.54, 1.807) is 18.4 Å². The van der Waals surface area contributed by atoms with Crippen molar-refractivity contribution in [1.29, 1.82) is 0 Å². The van der Waals surface area contributed by atoms with Crippen LogP contribution in [0.1, 0.15) is 24.1 Å². The predicted molar refractivity (Wildman–Crippen MR) is 89.7 cm³/mol. The minimum Gasteiger partial charge on any atom is -0.496 e. The van der Waals surface area contributed by atoms with Crippen LogP contribution in [0.5, 0.6) is 5.75 Å². The molecule has 0 amide bonds. The highest BCUT2D eigenvalue weighted by molar-refractivity contribution is 9.11. The van der Waals surface area contributed by atoms with E-state index < -0.39 is 0 Å². The van der Waals surface area contributed by atoms with E-state index in [0.29, 0.717) is 0 Å². The molecule has 1 heterocycles. The molecular weight excluding hydrogens is 336 g/mol. The lowest BCUT2D eigenvalue weighted by Crippen LogP contribution is -2.20. The van der Waals surface area contributed by atoms with Crippen LogP contribution < -0.4 is 15.4 Å². The van der Waals surface area contributed by atoms with Crippen molar-refractivity contribution in [3.8, 4) is 5.75 Å². The molecule has 3 nitrogen and oxygen atoms in total. The van der Waals surface area contributed by atoms with Crippen LogP contribution in [0, 0.1) is 0 Å². The zero-order chi connectivity index (χ0) is 14.7. The minimum absolute atomic E-state index is 0.0715. The third kappa shape index (κ3) is 3.34. The van der Waals surface area contributed by atoms with Gasteiger partial charge < -0.3 is 15.4 Å². The Kier molecular flexibility index (Phi) is 5.07. The van der Waals surface area contributed by atoms with Crippen LogP contribution in [0.2, 0.25) is 0 Å². The number of nitrogens with two attached hydrogens (primary N) is 1. The number of methoxy groups -OCH3 is 1. The summed E-state index contributed by atoms with van der Waals surface area (Å²) < 4.78 is 6.59. The molecule has 0 aliphatic heterocycles. The van der Waals surface area contributed by atoms with Crippen molar-refractivity contribution in [2.75, 3.05) is 19.1 Å². The van der Waals surface area contributed by atoms with Crippen LogP contribution >= 0.6 is 27.3 Å². The first-order valence-corrected chi connectivity index (χ1v) is 8.06. The van der Waals surface area contributed by atoms with Crippen molar-refractivity contribution in [1.82, 2.24) is 0 Å². The highest BCUT2D eigenvalue weighted by Crippen LogP contribution is 2.34. The van der Waals surface area contributed by atoms with E-state index in [1.165, 1.54) is 5.56 Å². The maximum atomic E-state index is 6.11. The summed E-state index contributed by atoms with van der Waals surface area (Å²) in [5.41, 5.74) is 9.56. The fraction of sp³-hybridized carbons (Fsp3) is 0.333. The van der Waals surface area contributed by atoms with Gasteiger partial charge >= 0.3 is 0 Å². The Morgan fingerprint density at radius 3 is 2.75 bits per heavy atom. The number of halogens is 1. The summed E-state index contributed by atoms with van der Waals surface area (Å²) in [6.45, 7) is 2.82. The van der Waals surface area contributed by atoms with Gasteiger partial charge in [0.1, 0.15) is 5.75 Å². The van der Waals surface area contributed by atoms with Gasteiger partial charge in [0.05, 0.1) is 10.9 Å². The fourth-order valence-electron chi connectivity index (χ4n) is 2.29. The Balaban J connectivity index is 2.31. The lowest BCUT2D eigenvalue weighted by molar-refractivity contribution is 0.407. The van der Waals surface area contributed by atoms with E-state index in [-0.39, 0.29) is 6.04 Å². The number of rotatable bonds is 5. The maximum Gasteiger partial charge on any atom is 0.125 e. The summed E-state index contributed by atoms with van der Waals surface area (Å²) in [6.07, 6.45) is 0. The Bertz CT molecular complexity index is 583. The van der Waals surface area contributed by atoms with Crippen molar-refractivity contribution in [2.24, 2.45) is 5.73 Å². The van der Waals surface area contributed by atoms with Crippen LogP contribution in [0.15, 0.2) is 33.4 Å². The van der Waals surface area contributed by atoms with E-state index in [9.17, 15) is 0 Å². The van der Waals surface area contributed by atoms with Gasteiger partial charge in [0, 0.05) is 30.9 Å². The lowest BCUT2D eigenvalue weighted by Gasteiger charge is -2.25. The monoisotopic (exact) mass is 354 g/mol. The molecule has 2 aromatic rings. The van der Waals surface area contributed by atoms with E-state index in [4.69, 9.17) is 10.5 Å². The van der Waals surface area contributed by atoms with E-state index in [0.717, 1.165) is 27.3 Å². The lowest BCUT2D eigenvalue weighted by atomic mass is 10.0. The second-order valence-electron chi connectivity index (χ2n) is 4.80. The molecule has 0 fully saturated rings. The maximum absolute atomic E-state index is 6.11. The van der Waals surface area contributed by atoms with Crippen LogP contribution in [-0.4, -0.2) is 14.2 Å². The number of hydrogen-bond donors (Lipinski definition) is 1. The van der Waals surface area contributed by atoms with Gasteiger partial charge in [-0.1, -0.05) is 6.07 Å². The van der Waals surface area contributed by atoms with Crippen molar-refractivity contribution >= 4 is 33.0 Å². The number of thiophene rings is 1. The van der Waals surface area contributed by atoms with Crippen molar-refractivity contribution in [3.05, 3.63) is 44.6 Å². The molecule has 0 saturated heterocycles. The molecule has 0 saturated carbocycles. The van der Waals surface area contributed by atoms with E-state index in [1.807, 2.05) is 19.1 Å². The third-order valence-electron chi connectivity index (χ3n) is 3.17. The highest BCUT2D eigenvalue weighted by Gasteiger charge is 2.16. The van der Waals surface area contributed by atoms with Gasteiger partial charge in [-0.25, -0.2) is 0 Å². The average Bonchev–Trinajstić information content (AvgIpc) is 2.82. The number of anilines is 1. The molecule has 0 aliphatic carbocycles. The molecule has 5 heteroatoms. The van der Waals surface area contributed by atoms with Crippen LogP contribution in [-0.2, 0) is 6.54 Å². The summed E-state index contributed by atoms with van der Waals surface area (Å²) >= 11 is 5.20.